The third-order valence-electron chi connectivity index (χ3n) is 3.99. The van der Waals surface area contributed by atoms with Gasteiger partial charge < -0.3 is 14.6 Å². The highest BCUT2D eigenvalue weighted by Gasteiger charge is 2.28. The molecule has 1 aromatic heterocycles. The van der Waals surface area contributed by atoms with Crippen LogP contribution in [0.1, 0.15) is 28.5 Å². The summed E-state index contributed by atoms with van der Waals surface area (Å²) in [6, 6.07) is 7.31. The molecule has 10 heteroatoms. The number of anilines is 1. The van der Waals surface area contributed by atoms with Crippen LogP contribution in [0.25, 0.3) is 0 Å². The van der Waals surface area contributed by atoms with Gasteiger partial charge in [-0.1, -0.05) is 17.3 Å². The van der Waals surface area contributed by atoms with Gasteiger partial charge in [-0.05, 0) is 31.5 Å². The number of ether oxygens (including phenoxy) is 1. The quantitative estimate of drug-likeness (QED) is 0.564. The molecule has 2 heterocycles. The Labute approximate surface area is 159 Å². The number of rotatable bonds is 6. The van der Waals surface area contributed by atoms with E-state index in [9.17, 15) is 19.2 Å². The zero-order valence-electron chi connectivity index (χ0n) is 15.2. The fourth-order valence-electron chi connectivity index (χ4n) is 2.47. The van der Waals surface area contributed by atoms with Crippen LogP contribution in [0.15, 0.2) is 34.9 Å². The van der Waals surface area contributed by atoms with Crippen molar-refractivity contribution in [3.8, 4) is 0 Å². The van der Waals surface area contributed by atoms with E-state index in [0.29, 0.717) is 11.3 Å². The molecule has 0 aliphatic carbocycles. The molecule has 2 aromatic rings. The molecule has 3 rings (SSSR count). The lowest BCUT2D eigenvalue weighted by atomic mass is 10.1. The minimum absolute atomic E-state index is 0.0170. The van der Waals surface area contributed by atoms with E-state index in [2.05, 4.69) is 15.8 Å². The zero-order valence-corrected chi connectivity index (χ0v) is 15.2. The molecule has 0 saturated carbocycles. The van der Waals surface area contributed by atoms with E-state index in [1.807, 2.05) is 0 Å². The molecule has 4 amide bonds. The number of carbonyl (C=O) groups is 4. The first kappa shape index (κ1) is 19.1. The molecule has 1 fully saturated rings. The molecular weight excluding hydrogens is 368 g/mol. The Morgan fingerprint density at radius 3 is 2.61 bits per heavy atom. The topological polar surface area (TPSA) is 131 Å². The number of aryl methyl sites for hydroxylation is 1. The summed E-state index contributed by atoms with van der Waals surface area (Å²) < 4.78 is 10.0. The van der Waals surface area contributed by atoms with E-state index >= 15 is 0 Å². The summed E-state index contributed by atoms with van der Waals surface area (Å²) in [7, 11) is 0. The van der Waals surface area contributed by atoms with Crippen LogP contribution in [0, 0.1) is 6.92 Å². The minimum Gasteiger partial charge on any atom is -0.449 e. The molecule has 0 radical (unpaired) electrons. The highest BCUT2D eigenvalue weighted by atomic mass is 16.5. The summed E-state index contributed by atoms with van der Waals surface area (Å²) in [4.78, 5) is 48.5. The summed E-state index contributed by atoms with van der Waals surface area (Å²) in [6.07, 6.45) is -1.05. The van der Waals surface area contributed by atoms with Gasteiger partial charge in [-0.2, -0.15) is 0 Å². The molecule has 1 saturated heterocycles. The molecule has 2 N–H and O–H groups in total. The first-order valence-electron chi connectivity index (χ1n) is 8.46. The Morgan fingerprint density at radius 2 is 2.04 bits per heavy atom. The van der Waals surface area contributed by atoms with Crippen molar-refractivity contribution >= 4 is 29.7 Å². The summed E-state index contributed by atoms with van der Waals surface area (Å²) in [5, 5.41) is 8.54. The lowest BCUT2D eigenvalue weighted by Gasteiger charge is -2.14. The number of amides is 4. The maximum Gasteiger partial charge on any atom is 0.338 e. The number of benzene rings is 1. The molecule has 1 unspecified atom stereocenters. The van der Waals surface area contributed by atoms with Gasteiger partial charge in [-0.25, -0.2) is 9.59 Å². The summed E-state index contributed by atoms with van der Waals surface area (Å²) in [5.41, 5.74) is 1.51. The Hall–Kier alpha value is -3.69. The fourth-order valence-corrected chi connectivity index (χ4v) is 2.47. The number of esters is 1. The number of carbonyl (C=O) groups excluding carboxylic acids is 4. The van der Waals surface area contributed by atoms with Crippen molar-refractivity contribution in [1.29, 1.82) is 0 Å². The number of hydrogen-bond donors (Lipinski definition) is 2. The Bertz CT molecular complexity index is 904. The van der Waals surface area contributed by atoms with E-state index in [-0.39, 0.29) is 30.4 Å². The van der Waals surface area contributed by atoms with Gasteiger partial charge in [0.05, 0.1) is 24.3 Å². The second kappa shape index (κ2) is 7.91. The van der Waals surface area contributed by atoms with Gasteiger partial charge in [0.1, 0.15) is 0 Å². The second-order valence-electron chi connectivity index (χ2n) is 6.20. The van der Waals surface area contributed by atoms with E-state index in [4.69, 9.17) is 9.26 Å². The minimum atomic E-state index is -1.05. The number of imide groups is 1. The van der Waals surface area contributed by atoms with Crippen molar-refractivity contribution in [2.45, 2.75) is 26.5 Å². The van der Waals surface area contributed by atoms with Crippen LogP contribution in [0.4, 0.5) is 10.7 Å². The Balaban J connectivity index is 1.55. The molecule has 146 valence electrons. The molecule has 0 bridgehead atoms. The summed E-state index contributed by atoms with van der Waals surface area (Å²) >= 11 is 0. The van der Waals surface area contributed by atoms with Gasteiger partial charge in [0.15, 0.2) is 6.10 Å². The van der Waals surface area contributed by atoms with E-state index in [0.717, 1.165) is 4.90 Å². The van der Waals surface area contributed by atoms with Crippen LogP contribution in [0.5, 0.6) is 0 Å². The monoisotopic (exact) mass is 386 g/mol. The number of nitrogens with zero attached hydrogens (tertiary/aromatic N) is 2. The first-order chi connectivity index (χ1) is 13.3. The number of hydrogen-bond acceptors (Lipinski definition) is 7. The molecule has 1 aliphatic rings. The largest absolute Gasteiger partial charge is 0.449 e. The van der Waals surface area contributed by atoms with Gasteiger partial charge in [-0.15, -0.1) is 0 Å². The number of nitrogens with one attached hydrogen (secondary N) is 2. The lowest BCUT2D eigenvalue weighted by Crippen LogP contribution is -2.30. The number of aromatic nitrogens is 1. The average Bonchev–Trinajstić information content (AvgIpc) is 3.21. The van der Waals surface area contributed by atoms with Gasteiger partial charge in [-0.3, -0.25) is 19.8 Å². The van der Waals surface area contributed by atoms with E-state index in [1.165, 1.54) is 25.1 Å². The van der Waals surface area contributed by atoms with Crippen molar-refractivity contribution in [3.05, 3.63) is 47.2 Å². The summed E-state index contributed by atoms with van der Waals surface area (Å²) in [5.74, 6) is -1.39. The first-order valence-corrected chi connectivity index (χ1v) is 8.46. The van der Waals surface area contributed by atoms with Gasteiger partial charge >= 0.3 is 12.0 Å². The predicted molar refractivity (Wildman–Crippen MR) is 95.1 cm³/mol. The molecule has 1 aliphatic heterocycles. The van der Waals surface area contributed by atoms with E-state index < -0.39 is 24.0 Å². The van der Waals surface area contributed by atoms with Crippen LogP contribution in [-0.4, -0.2) is 46.5 Å². The summed E-state index contributed by atoms with van der Waals surface area (Å²) in [6.45, 7) is 3.23. The third-order valence-corrected chi connectivity index (χ3v) is 3.99. The molecule has 1 aromatic carbocycles. The van der Waals surface area contributed by atoms with Crippen molar-refractivity contribution < 1.29 is 28.4 Å². The van der Waals surface area contributed by atoms with Gasteiger partial charge in [0.2, 0.25) is 11.8 Å². The molecular formula is C18H18N4O6. The lowest BCUT2D eigenvalue weighted by molar-refractivity contribution is -0.125. The smallest absolute Gasteiger partial charge is 0.338 e. The third kappa shape index (κ3) is 4.34. The highest BCUT2D eigenvalue weighted by Crippen LogP contribution is 2.13. The average molecular weight is 386 g/mol. The maximum absolute atomic E-state index is 12.2. The zero-order chi connectivity index (χ0) is 20.3. The highest BCUT2D eigenvalue weighted by molar-refractivity contribution is 6.02. The molecule has 1 atom stereocenters. The van der Waals surface area contributed by atoms with Crippen molar-refractivity contribution in [2.75, 3.05) is 11.9 Å². The predicted octanol–water partition coefficient (Wildman–Crippen LogP) is 1.22. The van der Waals surface area contributed by atoms with Gasteiger partial charge in [0, 0.05) is 6.07 Å². The standard InChI is InChI=1S/C18H18N4O6/c1-10-7-14(28-21-10)20-16(24)11(2)27-17(25)13-5-3-12(4-6-13)9-22-15(23)8-19-18(22)26/h3-7,11H,8-9H2,1-2H3,(H,19,26)(H,20,24). The van der Waals surface area contributed by atoms with E-state index in [1.54, 1.807) is 19.1 Å². The second-order valence-corrected chi connectivity index (χ2v) is 6.20. The van der Waals surface area contributed by atoms with Crippen LogP contribution in [-0.2, 0) is 20.9 Å². The normalized spacial score (nSPS) is 14.6. The molecule has 0 spiro atoms. The maximum atomic E-state index is 12.2. The molecule has 28 heavy (non-hydrogen) atoms. The van der Waals surface area contributed by atoms with Gasteiger partial charge in [0.25, 0.3) is 5.91 Å². The molecule has 10 nitrogen and oxygen atoms in total. The van der Waals surface area contributed by atoms with Crippen molar-refractivity contribution in [3.63, 3.8) is 0 Å². The Kier molecular flexibility index (Phi) is 5.39. The van der Waals surface area contributed by atoms with Crippen LogP contribution < -0.4 is 10.6 Å². The van der Waals surface area contributed by atoms with Crippen LogP contribution in [0.3, 0.4) is 0 Å². The van der Waals surface area contributed by atoms with Crippen molar-refractivity contribution in [2.24, 2.45) is 0 Å². The Morgan fingerprint density at radius 1 is 1.32 bits per heavy atom. The number of urea groups is 1. The SMILES string of the molecule is Cc1cc(NC(=O)C(C)OC(=O)c2ccc(CN3C(=O)CNC3=O)cc2)on1. The van der Waals surface area contributed by atoms with Crippen molar-refractivity contribution in [1.82, 2.24) is 15.4 Å². The fraction of sp³-hybridized carbons (Fsp3) is 0.278. The van der Waals surface area contributed by atoms with Crippen LogP contribution in [0.2, 0.25) is 0 Å². The van der Waals surface area contributed by atoms with Crippen LogP contribution >= 0.6 is 0 Å².